The largest absolute Gasteiger partial charge is 0.459 e. The number of ether oxygens (including phenoxy) is 2. The van der Waals surface area contributed by atoms with Crippen LogP contribution >= 0.6 is 0 Å². The Balaban J connectivity index is 1.78. The van der Waals surface area contributed by atoms with Gasteiger partial charge in [0.25, 0.3) is 0 Å². The van der Waals surface area contributed by atoms with Crippen LogP contribution in [0.3, 0.4) is 0 Å². The van der Waals surface area contributed by atoms with Crippen LogP contribution in [0.2, 0.25) is 0 Å². The molecule has 0 aromatic heterocycles. The molecular formula is C21H31NO3. The highest BCUT2D eigenvalue weighted by atomic mass is 16.6. The van der Waals surface area contributed by atoms with Crippen molar-refractivity contribution in [3.63, 3.8) is 0 Å². The number of benzene rings is 1. The molecule has 2 aliphatic rings. The summed E-state index contributed by atoms with van der Waals surface area (Å²) >= 11 is 0. The SMILES string of the molecule is CC1OC(=O)C(N)CCCC(Cc2ccccc2)C1OC1CCCC1. The molecule has 0 amide bonds. The van der Waals surface area contributed by atoms with Gasteiger partial charge in [-0.25, -0.2) is 0 Å². The molecule has 2 N–H and O–H groups in total. The lowest BCUT2D eigenvalue weighted by Crippen LogP contribution is -2.42. The Morgan fingerprint density at radius 3 is 2.52 bits per heavy atom. The second kappa shape index (κ2) is 8.81. The Kier molecular flexibility index (Phi) is 6.49. The highest BCUT2D eigenvalue weighted by molar-refractivity contribution is 5.75. The lowest BCUT2D eigenvalue weighted by atomic mass is 9.86. The van der Waals surface area contributed by atoms with E-state index in [2.05, 4.69) is 24.3 Å². The van der Waals surface area contributed by atoms with E-state index in [-0.39, 0.29) is 18.2 Å². The molecule has 4 unspecified atom stereocenters. The first-order chi connectivity index (χ1) is 12.1. The van der Waals surface area contributed by atoms with Crippen molar-refractivity contribution < 1.29 is 14.3 Å². The van der Waals surface area contributed by atoms with Crippen LogP contribution in [0.15, 0.2) is 30.3 Å². The van der Waals surface area contributed by atoms with Gasteiger partial charge in [0.15, 0.2) is 0 Å². The highest BCUT2D eigenvalue weighted by Gasteiger charge is 2.35. The summed E-state index contributed by atoms with van der Waals surface area (Å²) in [5, 5.41) is 0. The van der Waals surface area contributed by atoms with Crippen molar-refractivity contribution in [3.8, 4) is 0 Å². The maximum atomic E-state index is 12.2. The minimum Gasteiger partial charge on any atom is -0.459 e. The zero-order valence-electron chi connectivity index (χ0n) is 15.2. The topological polar surface area (TPSA) is 61.5 Å². The molecule has 0 spiro atoms. The predicted octanol–water partition coefficient (Wildman–Crippen LogP) is 3.62. The van der Waals surface area contributed by atoms with Crippen molar-refractivity contribution >= 4 is 5.97 Å². The Morgan fingerprint density at radius 1 is 1.08 bits per heavy atom. The molecule has 0 bridgehead atoms. The molecule has 25 heavy (non-hydrogen) atoms. The van der Waals surface area contributed by atoms with Gasteiger partial charge in [-0.05, 0) is 50.5 Å². The predicted molar refractivity (Wildman–Crippen MR) is 98.1 cm³/mol. The van der Waals surface area contributed by atoms with Crippen LogP contribution < -0.4 is 5.73 Å². The summed E-state index contributed by atoms with van der Waals surface area (Å²) in [5.41, 5.74) is 7.29. The van der Waals surface area contributed by atoms with Crippen molar-refractivity contribution in [1.29, 1.82) is 0 Å². The van der Waals surface area contributed by atoms with Gasteiger partial charge in [0.05, 0.1) is 12.2 Å². The van der Waals surface area contributed by atoms with Gasteiger partial charge in [0, 0.05) is 0 Å². The Morgan fingerprint density at radius 2 is 1.80 bits per heavy atom. The Bertz CT molecular complexity index is 541. The molecule has 1 aromatic rings. The van der Waals surface area contributed by atoms with E-state index in [1.807, 2.05) is 13.0 Å². The smallest absolute Gasteiger partial charge is 0.323 e. The van der Waals surface area contributed by atoms with Crippen LogP contribution in [0.1, 0.15) is 57.4 Å². The summed E-state index contributed by atoms with van der Waals surface area (Å²) in [4.78, 5) is 12.2. The van der Waals surface area contributed by atoms with Gasteiger partial charge in [-0.2, -0.15) is 0 Å². The Labute approximate surface area is 151 Å². The molecule has 138 valence electrons. The fourth-order valence-corrected chi connectivity index (χ4v) is 4.21. The number of hydrogen-bond acceptors (Lipinski definition) is 4. The molecule has 1 saturated carbocycles. The van der Waals surface area contributed by atoms with E-state index in [1.54, 1.807) is 0 Å². The summed E-state index contributed by atoms with van der Waals surface area (Å²) in [5.74, 6) is 0.0592. The van der Waals surface area contributed by atoms with E-state index in [0.717, 1.165) is 32.1 Å². The molecule has 0 radical (unpaired) electrons. The average molecular weight is 345 g/mol. The third kappa shape index (κ3) is 5.05. The van der Waals surface area contributed by atoms with E-state index >= 15 is 0 Å². The van der Waals surface area contributed by atoms with Crippen LogP contribution in [0.25, 0.3) is 0 Å². The maximum Gasteiger partial charge on any atom is 0.323 e. The quantitative estimate of drug-likeness (QED) is 0.847. The van der Waals surface area contributed by atoms with E-state index in [4.69, 9.17) is 15.2 Å². The number of carbonyl (C=O) groups is 1. The number of hydrogen-bond donors (Lipinski definition) is 1. The zero-order chi connectivity index (χ0) is 17.6. The fourth-order valence-electron chi connectivity index (χ4n) is 4.21. The third-order valence-corrected chi connectivity index (χ3v) is 5.61. The van der Waals surface area contributed by atoms with E-state index in [9.17, 15) is 4.79 Å². The van der Waals surface area contributed by atoms with Crippen LogP contribution in [0.4, 0.5) is 0 Å². The van der Waals surface area contributed by atoms with Gasteiger partial charge in [-0.3, -0.25) is 4.79 Å². The lowest BCUT2D eigenvalue weighted by Gasteiger charge is -2.33. The lowest BCUT2D eigenvalue weighted by molar-refractivity contribution is -0.164. The third-order valence-electron chi connectivity index (χ3n) is 5.61. The van der Waals surface area contributed by atoms with Crippen molar-refractivity contribution in [3.05, 3.63) is 35.9 Å². The molecule has 4 nitrogen and oxygen atoms in total. The first-order valence-electron chi connectivity index (χ1n) is 9.79. The van der Waals surface area contributed by atoms with Gasteiger partial charge >= 0.3 is 5.97 Å². The van der Waals surface area contributed by atoms with Crippen LogP contribution in [0, 0.1) is 5.92 Å². The minimum absolute atomic E-state index is 0.0578. The number of rotatable bonds is 4. The zero-order valence-corrected chi connectivity index (χ0v) is 15.2. The summed E-state index contributed by atoms with van der Waals surface area (Å²) in [6.45, 7) is 1.97. The summed E-state index contributed by atoms with van der Waals surface area (Å²) in [6.07, 6.45) is 8.29. The number of carbonyl (C=O) groups excluding carboxylic acids is 1. The van der Waals surface area contributed by atoms with Gasteiger partial charge in [0.2, 0.25) is 0 Å². The van der Waals surface area contributed by atoms with Gasteiger partial charge in [0.1, 0.15) is 12.1 Å². The molecule has 3 rings (SSSR count). The van der Waals surface area contributed by atoms with E-state index in [1.165, 1.54) is 18.4 Å². The van der Waals surface area contributed by atoms with E-state index < -0.39 is 6.04 Å². The molecule has 4 heteroatoms. The average Bonchev–Trinajstić information content (AvgIpc) is 3.13. The minimum atomic E-state index is -0.509. The number of nitrogens with two attached hydrogens (primary N) is 1. The van der Waals surface area contributed by atoms with E-state index in [0.29, 0.717) is 18.4 Å². The van der Waals surface area contributed by atoms with Gasteiger partial charge in [-0.1, -0.05) is 49.6 Å². The van der Waals surface area contributed by atoms with Crippen molar-refractivity contribution in [1.82, 2.24) is 0 Å². The van der Waals surface area contributed by atoms with Crippen LogP contribution in [-0.4, -0.2) is 30.3 Å². The Hall–Kier alpha value is -1.39. The second-order valence-electron chi connectivity index (χ2n) is 7.64. The molecule has 2 fully saturated rings. The first-order valence-corrected chi connectivity index (χ1v) is 9.79. The molecule has 4 atom stereocenters. The summed E-state index contributed by atoms with van der Waals surface area (Å²) in [7, 11) is 0. The number of esters is 1. The molecular weight excluding hydrogens is 314 g/mol. The highest BCUT2D eigenvalue weighted by Crippen LogP contribution is 2.31. The molecule has 1 saturated heterocycles. The molecule has 1 aliphatic heterocycles. The summed E-state index contributed by atoms with van der Waals surface area (Å²) < 4.78 is 12.2. The second-order valence-corrected chi connectivity index (χ2v) is 7.64. The van der Waals surface area contributed by atoms with Crippen LogP contribution in [0.5, 0.6) is 0 Å². The maximum absolute atomic E-state index is 12.2. The number of cyclic esters (lactones) is 1. The summed E-state index contributed by atoms with van der Waals surface area (Å²) in [6, 6.07) is 10.0. The van der Waals surface area contributed by atoms with Crippen molar-refractivity contribution in [2.24, 2.45) is 11.7 Å². The fraction of sp³-hybridized carbons (Fsp3) is 0.667. The van der Waals surface area contributed by atoms with Gasteiger partial charge < -0.3 is 15.2 Å². The monoisotopic (exact) mass is 345 g/mol. The van der Waals surface area contributed by atoms with Crippen molar-refractivity contribution in [2.45, 2.75) is 82.6 Å². The molecule has 1 aromatic carbocycles. The normalized spacial score (nSPS) is 31.8. The molecule has 1 aliphatic carbocycles. The van der Waals surface area contributed by atoms with Gasteiger partial charge in [-0.15, -0.1) is 0 Å². The standard InChI is InChI=1S/C21H31NO3/c1-15-20(25-18-11-5-6-12-18)17(14-16-8-3-2-4-9-16)10-7-13-19(22)21(23)24-15/h2-4,8-9,15,17-20H,5-7,10-14,22H2,1H3. The first kappa shape index (κ1) is 18.4. The molecule has 1 heterocycles. The van der Waals surface area contributed by atoms with Crippen LogP contribution in [-0.2, 0) is 20.7 Å². The van der Waals surface area contributed by atoms with Crippen molar-refractivity contribution in [2.75, 3.05) is 0 Å².